The molecular formula is C22H26N8O. The average molecular weight is 419 g/mol. The van der Waals surface area contributed by atoms with Gasteiger partial charge in [0.25, 0.3) is 0 Å². The molecule has 9 heteroatoms. The lowest BCUT2D eigenvalue weighted by atomic mass is 10.2. The first-order valence-corrected chi connectivity index (χ1v) is 10.1. The molecule has 160 valence electrons. The highest BCUT2D eigenvalue weighted by Crippen LogP contribution is 2.18. The van der Waals surface area contributed by atoms with E-state index >= 15 is 0 Å². The number of para-hydroxylation sites is 1. The number of nitrogens with zero attached hydrogens (tertiary/aromatic N) is 6. The van der Waals surface area contributed by atoms with Gasteiger partial charge in [-0.2, -0.15) is 20.1 Å². The first kappa shape index (κ1) is 20.5. The summed E-state index contributed by atoms with van der Waals surface area (Å²) in [6.45, 7) is 2.76. The van der Waals surface area contributed by atoms with Crippen LogP contribution in [0.2, 0.25) is 0 Å². The van der Waals surface area contributed by atoms with Gasteiger partial charge < -0.3 is 19.9 Å². The number of benzene rings is 2. The molecule has 1 aromatic heterocycles. The number of nitrogens with one attached hydrogen (secondary N) is 2. The summed E-state index contributed by atoms with van der Waals surface area (Å²) >= 11 is 0. The van der Waals surface area contributed by atoms with Gasteiger partial charge in [-0.05, 0) is 29.8 Å². The maximum Gasteiger partial charge on any atom is 0.250 e. The Balaban J connectivity index is 1.52. The molecule has 0 spiro atoms. The molecule has 9 nitrogen and oxygen atoms in total. The molecular weight excluding hydrogens is 392 g/mol. The highest BCUT2D eigenvalue weighted by atomic mass is 16.5. The Bertz CT molecular complexity index is 1000. The van der Waals surface area contributed by atoms with Crippen molar-refractivity contribution >= 4 is 35.4 Å². The predicted octanol–water partition coefficient (Wildman–Crippen LogP) is 2.96. The number of hydrogen-bond donors (Lipinski definition) is 2. The number of aromatic nitrogens is 3. The van der Waals surface area contributed by atoms with E-state index in [2.05, 4.69) is 40.6 Å². The third-order valence-electron chi connectivity index (χ3n) is 4.74. The summed E-state index contributed by atoms with van der Waals surface area (Å²) in [5.74, 6) is 1.41. The molecule has 0 aliphatic carbocycles. The molecule has 3 aromatic rings. The molecule has 4 rings (SSSR count). The highest BCUT2D eigenvalue weighted by Gasteiger charge is 2.16. The Labute approximate surface area is 181 Å². The minimum absolute atomic E-state index is 0.371. The summed E-state index contributed by atoms with van der Waals surface area (Å²) in [5, 5.41) is 7.54. The second kappa shape index (κ2) is 9.86. The van der Waals surface area contributed by atoms with Crippen LogP contribution in [0, 0.1) is 0 Å². The molecule has 0 atom stereocenters. The molecule has 0 saturated carbocycles. The van der Waals surface area contributed by atoms with Crippen LogP contribution in [0.4, 0.5) is 29.2 Å². The normalized spacial score (nSPS) is 13.9. The van der Waals surface area contributed by atoms with Gasteiger partial charge in [0.1, 0.15) is 0 Å². The monoisotopic (exact) mass is 418 g/mol. The standard InChI is InChI=1S/C22H26N8O/c1-29(2)19-10-8-17(9-11-19)16-23-28-21-25-20(24-18-6-4-3-5-7-18)26-22(27-21)30-12-14-31-15-13-30/h3-11,16H,12-15H2,1-2H3,(H2,24,25,26,27,28). The SMILES string of the molecule is CN(C)c1ccc(C=NNc2nc(Nc3ccccc3)nc(N3CCOCC3)n2)cc1. The van der Waals surface area contributed by atoms with Crippen LogP contribution in [-0.4, -0.2) is 61.6 Å². The van der Waals surface area contributed by atoms with E-state index < -0.39 is 0 Å². The molecule has 1 aliphatic rings. The quantitative estimate of drug-likeness (QED) is 0.447. The fourth-order valence-corrected chi connectivity index (χ4v) is 3.05. The number of hydrogen-bond acceptors (Lipinski definition) is 9. The van der Waals surface area contributed by atoms with Gasteiger partial charge >= 0.3 is 0 Å². The van der Waals surface area contributed by atoms with Crippen LogP contribution in [0.5, 0.6) is 0 Å². The number of hydrazone groups is 1. The van der Waals surface area contributed by atoms with Crippen molar-refractivity contribution < 1.29 is 4.74 Å². The maximum atomic E-state index is 5.44. The topological polar surface area (TPSA) is 90.8 Å². The summed E-state index contributed by atoms with van der Waals surface area (Å²) in [4.78, 5) is 17.7. The van der Waals surface area contributed by atoms with Crippen molar-refractivity contribution in [2.45, 2.75) is 0 Å². The third kappa shape index (κ3) is 5.67. The Morgan fingerprint density at radius 1 is 0.935 bits per heavy atom. The molecule has 2 aromatic carbocycles. The van der Waals surface area contributed by atoms with E-state index in [0.29, 0.717) is 31.1 Å². The summed E-state index contributed by atoms with van der Waals surface area (Å²) in [7, 11) is 4.02. The zero-order valence-electron chi connectivity index (χ0n) is 17.7. The summed E-state index contributed by atoms with van der Waals surface area (Å²) in [6, 6.07) is 17.9. The second-order valence-corrected chi connectivity index (χ2v) is 7.23. The van der Waals surface area contributed by atoms with E-state index in [4.69, 9.17) is 4.74 Å². The Morgan fingerprint density at radius 2 is 1.65 bits per heavy atom. The largest absolute Gasteiger partial charge is 0.378 e. The third-order valence-corrected chi connectivity index (χ3v) is 4.74. The lowest BCUT2D eigenvalue weighted by Gasteiger charge is -2.27. The van der Waals surface area contributed by atoms with E-state index in [-0.39, 0.29) is 0 Å². The molecule has 2 heterocycles. The van der Waals surface area contributed by atoms with Gasteiger partial charge in [-0.15, -0.1) is 0 Å². The fourth-order valence-electron chi connectivity index (χ4n) is 3.05. The first-order valence-electron chi connectivity index (χ1n) is 10.1. The molecule has 0 radical (unpaired) electrons. The highest BCUT2D eigenvalue weighted by molar-refractivity contribution is 5.80. The number of morpholine rings is 1. The fraction of sp³-hybridized carbons (Fsp3) is 0.273. The summed E-state index contributed by atoms with van der Waals surface area (Å²) in [6.07, 6.45) is 1.74. The predicted molar refractivity (Wildman–Crippen MR) is 125 cm³/mol. The van der Waals surface area contributed by atoms with Crippen molar-refractivity contribution in [3.63, 3.8) is 0 Å². The van der Waals surface area contributed by atoms with Crippen LogP contribution in [0.1, 0.15) is 5.56 Å². The van der Waals surface area contributed by atoms with E-state index in [1.165, 1.54) is 0 Å². The molecule has 1 saturated heterocycles. The van der Waals surface area contributed by atoms with E-state index in [1.807, 2.05) is 68.7 Å². The zero-order valence-corrected chi connectivity index (χ0v) is 17.7. The van der Waals surface area contributed by atoms with Crippen molar-refractivity contribution in [3.05, 3.63) is 60.2 Å². The van der Waals surface area contributed by atoms with Crippen LogP contribution in [0.15, 0.2) is 59.7 Å². The Hall–Kier alpha value is -3.72. The smallest absolute Gasteiger partial charge is 0.250 e. The van der Waals surface area contributed by atoms with Gasteiger partial charge in [-0.25, -0.2) is 5.43 Å². The van der Waals surface area contributed by atoms with Crippen molar-refractivity contribution in [3.8, 4) is 0 Å². The van der Waals surface area contributed by atoms with Crippen LogP contribution >= 0.6 is 0 Å². The van der Waals surface area contributed by atoms with E-state index in [9.17, 15) is 0 Å². The Kier molecular flexibility index (Phi) is 6.53. The molecule has 1 fully saturated rings. The minimum atomic E-state index is 0.371. The maximum absolute atomic E-state index is 5.44. The van der Waals surface area contributed by atoms with Crippen molar-refractivity contribution in [1.82, 2.24) is 15.0 Å². The summed E-state index contributed by atoms with van der Waals surface area (Å²) < 4.78 is 5.44. The lowest BCUT2D eigenvalue weighted by molar-refractivity contribution is 0.122. The van der Waals surface area contributed by atoms with Gasteiger partial charge in [0, 0.05) is 38.6 Å². The van der Waals surface area contributed by atoms with Gasteiger partial charge in [0.15, 0.2) is 0 Å². The van der Waals surface area contributed by atoms with Gasteiger partial charge in [0.2, 0.25) is 17.8 Å². The number of anilines is 5. The van der Waals surface area contributed by atoms with Crippen LogP contribution in [-0.2, 0) is 4.74 Å². The molecule has 0 amide bonds. The molecule has 0 bridgehead atoms. The first-order chi connectivity index (χ1) is 15.2. The second-order valence-electron chi connectivity index (χ2n) is 7.23. The van der Waals surface area contributed by atoms with Crippen molar-refractivity contribution in [1.29, 1.82) is 0 Å². The average Bonchev–Trinajstić information content (AvgIpc) is 2.80. The van der Waals surface area contributed by atoms with Crippen LogP contribution < -0.4 is 20.5 Å². The Morgan fingerprint density at radius 3 is 2.35 bits per heavy atom. The molecule has 0 unspecified atom stereocenters. The van der Waals surface area contributed by atoms with Gasteiger partial charge in [0.05, 0.1) is 19.4 Å². The molecule has 2 N–H and O–H groups in total. The van der Waals surface area contributed by atoms with E-state index in [0.717, 1.165) is 30.0 Å². The van der Waals surface area contributed by atoms with Crippen LogP contribution in [0.3, 0.4) is 0 Å². The summed E-state index contributed by atoms with van der Waals surface area (Å²) in [5.41, 5.74) is 5.94. The number of rotatable bonds is 7. The zero-order chi connectivity index (χ0) is 21.5. The van der Waals surface area contributed by atoms with Gasteiger partial charge in [-0.1, -0.05) is 30.3 Å². The molecule has 1 aliphatic heterocycles. The van der Waals surface area contributed by atoms with Crippen LogP contribution in [0.25, 0.3) is 0 Å². The lowest BCUT2D eigenvalue weighted by Crippen LogP contribution is -2.37. The molecule has 31 heavy (non-hydrogen) atoms. The van der Waals surface area contributed by atoms with Gasteiger partial charge in [-0.3, -0.25) is 0 Å². The number of ether oxygens (including phenoxy) is 1. The van der Waals surface area contributed by atoms with Crippen molar-refractivity contribution in [2.24, 2.45) is 5.10 Å². The van der Waals surface area contributed by atoms with E-state index in [1.54, 1.807) is 6.21 Å². The van der Waals surface area contributed by atoms with Crippen molar-refractivity contribution in [2.75, 3.05) is 60.9 Å². The minimum Gasteiger partial charge on any atom is -0.378 e.